The average Bonchev–Trinajstić information content (AvgIpc) is 3.04. The maximum Gasteiger partial charge on any atom is 0.244 e. The topological polar surface area (TPSA) is 62.5 Å². The number of hydrogen-bond donors (Lipinski definition) is 2. The molecule has 0 spiro atoms. The Balaban J connectivity index is 1.61. The van der Waals surface area contributed by atoms with Gasteiger partial charge in [0.2, 0.25) is 5.91 Å². The van der Waals surface area contributed by atoms with Gasteiger partial charge in [0.25, 0.3) is 0 Å². The van der Waals surface area contributed by atoms with Crippen molar-refractivity contribution in [3.63, 3.8) is 0 Å². The highest BCUT2D eigenvalue weighted by molar-refractivity contribution is 8.01. The second kappa shape index (κ2) is 7.40. The molecule has 1 fully saturated rings. The predicted molar refractivity (Wildman–Crippen MR) is 75.5 cm³/mol. The lowest BCUT2D eigenvalue weighted by molar-refractivity contribution is -0.116. The van der Waals surface area contributed by atoms with Gasteiger partial charge < -0.3 is 14.8 Å². The molecule has 2 N–H and O–H groups in total. The SMILES string of the molecule is O=C(C=CSCc1ccco1)NCC1CCCC1O. The fraction of sp³-hybridized carbons (Fsp3) is 0.500. The van der Waals surface area contributed by atoms with E-state index in [1.165, 1.54) is 17.8 Å². The van der Waals surface area contributed by atoms with Crippen LogP contribution >= 0.6 is 11.8 Å². The first kappa shape index (κ1) is 14.2. The number of amides is 1. The standard InChI is InChI=1S/C14H19NO3S/c16-13-5-1-3-11(13)9-15-14(17)6-8-19-10-12-4-2-7-18-12/h2,4,6-8,11,13,16H,1,3,5,9-10H2,(H,15,17). The lowest BCUT2D eigenvalue weighted by atomic mass is 10.1. The Bertz CT molecular complexity index is 416. The summed E-state index contributed by atoms with van der Waals surface area (Å²) in [4.78, 5) is 11.6. The van der Waals surface area contributed by atoms with Crippen molar-refractivity contribution in [2.45, 2.75) is 31.1 Å². The summed E-state index contributed by atoms with van der Waals surface area (Å²) in [5, 5.41) is 14.2. The van der Waals surface area contributed by atoms with Crippen molar-refractivity contribution in [1.82, 2.24) is 5.32 Å². The molecule has 1 aliphatic carbocycles. The van der Waals surface area contributed by atoms with E-state index >= 15 is 0 Å². The molecule has 1 aromatic heterocycles. The van der Waals surface area contributed by atoms with Gasteiger partial charge in [-0.05, 0) is 30.4 Å². The normalized spacial score (nSPS) is 23.0. The number of carbonyl (C=O) groups is 1. The first-order valence-electron chi connectivity index (χ1n) is 6.52. The maximum absolute atomic E-state index is 11.6. The van der Waals surface area contributed by atoms with Crippen molar-refractivity contribution in [1.29, 1.82) is 0 Å². The first-order valence-corrected chi connectivity index (χ1v) is 7.57. The molecule has 1 saturated carbocycles. The van der Waals surface area contributed by atoms with Gasteiger partial charge in [-0.15, -0.1) is 11.8 Å². The monoisotopic (exact) mass is 281 g/mol. The summed E-state index contributed by atoms with van der Waals surface area (Å²) < 4.78 is 5.18. The summed E-state index contributed by atoms with van der Waals surface area (Å²) in [5.74, 6) is 1.72. The minimum Gasteiger partial charge on any atom is -0.468 e. The molecule has 0 aliphatic heterocycles. The van der Waals surface area contributed by atoms with Crippen molar-refractivity contribution in [3.8, 4) is 0 Å². The second-order valence-electron chi connectivity index (χ2n) is 4.70. The molecule has 0 bridgehead atoms. The second-order valence-corrected chi connectivity index (χ2v) is 5.59. The van der Waals surface area contributed by atoms with E-state index in [0.29, 0.717) is 6.54 Å². The largest absolute Gasteiger partial charge is 0.468 e. The van der Waals surface area contributed by atoms with Crippen LogP contribution in [-0.2, 0) is 10.5 Å². The lowest BCUT2D eigenvalue weighted by Crippen LogP contribution is -2.31. The quantitative estimate of drug-likeness (QED) is 0.785. The number of aliphatic hydroxyl groups is 1. The molecule has 4 nitrogen and oxygen atoms in total. The van der Waals surface area contributed by atoms with Crippen molar-refractivity contribution in [2.75, 3.05) is 6.54 Å². The summed E-state index contributed by atoms with van der Waals surface area (Å²) >= 11 is 1.51. The van der Waals surface area contributed by atoms with Gasteiger partial charge in [0, 0.05) is 18.5 Å². The number of carbonyl (C=O) groups excluding carboxylic acids is 1. The van der Waals surface area contributed by atoms with E-state index in [-0.39, 0.29) is 17.9 Å². The molecule has 0 saturated heterocycles. The average molecular weight is 281 g/mol. The van der Waals surface area contributed by atoms with Crippen LogP contribution in [0.3, 0.4) is 0 Å². The van der Waals surface area contributed by atoms with E-state index < -0.39 is 0 Å². The number of hydrogen-bond acceptors (Lipinski definition) is 4. The van der Waals surface area contributed by atoms with Gasteiger partial charge in [-0.2, -0.15) is 0 Å². The highest BCUT2D eigenvalue weighted by atomic mass is 32.2. The van der Waals surface area contributed by atoms with Crippen molar-refractivity contribution in [2.24, 2.45) is 5.92 Å². The molecule has 1 aromatic rings. The minimum absolute atomic E-state index is 0.106. The molecule has 19 heavy (non-hydrogen) atoms. The van der Waals surface area contributed by atoms with E-state index in [1.807, 2.05) is 12.1 Å². The van der Waals surface area contributed by atoms with Gasteiger partial charge in [-0.1, -0.05) is 6.42 Å². The lowest BCUT2D eigenvalue weighted by Gasteiger charge is -2.13. The van der Waals surface area contributed by atoms with Crippen LogP contribution in [0.25, 0.3) is 0 Å². The summed E-state index contributed by atoms with van der Waals surface area (Å²) in [7, 11) is 0. The number of rotatable bonds is 6. The molecule has 1 heterocycles. The molecule has 2 rings (SSSR count). The third-order valence-electron chi connectivity index (χ3n) is 3.28. The highest BCUT2D eigenvalue weighted by Crippen LogP contribution is 2.24. The Hall–Kier alpha value is -1.20. The zero-order chi connectivity index (χ0) is 13.5. The van der Waals surface area contributed by atoms with Gasteiger partial charge in [0.05, 0.1) is 18.1 Å². The van der Waals surface area contributed by atoms with Crippen LogP contribution in [0.1, 0.15) is 25.0 Å². The van der Waals surface area contributed by atoms with Crippen LogP contribution < -0.4 is 5.32 Å². The van der Waals surface area contributed by atoms with E-state index in [4.69, 9.17) is 4.42 Å². The Morgan fingerprint density at radius 2 is 2.47 bits per heavy atom. The Kier molecular flexibility index (Phi) is 5.54. The highest BCUT2D eigenvalue weighted by Gasteiger charge is 2.24. The fourth-order valence-electron chi connectivity index (χ4n) is 2.18. The minimum atomic E-state index is -0.252. The van der Waals surface area contributed by atoms with Gasteiger partial charge >= 0.3 is 0 Å². The fourth-order valence-corrected chi connectivity index (χ4v) is 2.83. The predicted octanol–water partition coefficient (Wildman–Crippen LogP) is 2.30. The van der Waals surface area contributed by atoms with Crippen molar-refractivity contribution in [3.05, 3.63) is 35.6 Å². The van der Waals surface area contributed by atoms with Gasteiger partial charge in [0.15, 0.2) is 0 Å². The number of aliphatic hydroxyl groups excluding tert-OH is 1. The summed E-state index contributed by atoms with van der Waals surface area (Å²) in [5.41, 5.74) is 0. The van der Waals surface area contributed by atoms with E-state index in [9.17, 15) is 9.90 Å². The number of nitrogens with one attached hydrogen (secondary N) is 1. The third-order valence-corrected chi connectivity index (χ3v) is 4.06. The first-order chi connectivity index (χ1) is 9.25. The van der Waals surface area contributed by atoms with Crippen molar-refractivity contribution >= 4 is 17.7 Å². The molecular formula is C14H19NO3S. The molecule has 1 amide bonds. The molecule has 104 valence electrons. The van der Waals surface area contributed by atoms with Gasteiger partial charge in [0.1, 0.15) is 5.76 Å². The third kappa shape index (κ3) is 4.76. The van der Waals surface area contributed by atoms with Crippen LogP contribution in [0, 0.1) is 5.92 Å². The summed E-state index contributed by atoms with van der Waals surface area (Å²) in [6.07, 6.45) is 5.82. The van der Waals surface area contributed by atoms with E-state index in [2.05, 4.69) is 5.32 Å². The van der Waals surface area contributed by atoms with Crippen LogP contribution in [0.4, 0.5) is 0 Å². The van der Waals surface area contributed by atoms with Gasteiger partial charge in [-0.3, -0.25) is 4.79 Å². The Morgan fingerprint density at radius 3 is 3.16 bits per heavy atom. The smallest absolute Gasteiger partial charge is 0.244 e. The zero-order valence-electron chi connectivity index (χ0n) is 10.7. The molecule has 0 aromatic carbocycles. The molecule has 2 atom stereocenters. The molecule has 0 radical (unpaired) electrons. The maximum atomic E-state index is 11.6. The molecule has 2 unspecified atom stereocenters. The summed E-state index contributed by atoms with van der Waals surface area (Å²) in [6.45, 7) is 0.563. The Morgan fingerprint density at radius 1 is 1.58 bits per heavy atom. The number of thioether (sulfide) groups is 1. The number of furan rings is 1. The Labute approximate surface area is 117 Å². The van der Waals surface area contributed by atoms with E-state index in [0.717, 1.165) is 30.8 Å². The van der Waals surface area contributed by atoms with Crippen molar-refractivity contribution < 1.29 is 14.3 Å². The molecule has 5 heteroatoms. The van der Waals surface area contributed by atoms with Crippen LogP contribution in [0.5, 0.6) is 0 Å². The summed E-state index contributed by atoms with van der Waals surface area (Å²) in [6, 6.07) is 3.75. The van der Waals surface area contributed by atoms with Crippen LogP contribution in [-0.4, -0.2) is 23.7 Å². The van der Waals surface area contributed by atoms with Crippen LogP contribution in [0.15, 0.2) is 34.3 Å². The zero-order valence-corrected chi connectivity index (χ0v) is 11.6. The van der Waals surface area contributed by atoms with E-state index in [1.54, 1.807) is 11.7 Å². The van der Waals surface area contributed by atoms with Gasteiger partial charge in [-0.25, -0.2) is 0 Å². The molecule has 1 aliphatic rings. The van der Waals surface area contributed by atoms with Crippen LogP contribution in [0.2, 0.25) is 0 Å². The molecular weight excluding hydrogens is 262 g/mol.